The highest BCUT2D eigenvalue weighted by molar-refractivity contribution is 5.75. The number of anilines is 1. The van der Waals surface area contributed by atoms with Crippen molar-refractivity contribution in [2.75, 3.05) is 26.0 Å². The molecule has 1 N–H and O–H groups in total. The molecule has 0 unspecified atom stereocenters. The first kappa shape index (κ1) is 16.4. The van der Waals surface area contributed by atoms with Gasteiger partial charge < -0.3 is 10.2 Å². The van der Waals surface area contributed by atoms with Crippen LogP contribution in [-0.2, 0) is 6.42 Å². The number of benzene rings is 2. The van der Waals surface area contributed by atoms with E-state index in [0.717, 1.165) is 29.8 Å². The average Bonchev–Trinajstić information content (AvgIpc) is 2.62. The summed E-state index contributed by atoms with van der Waals surface area (Å²) in [4.78, 5) is 11.3. The third-order valence-corrected chi connectivity index (χ3v) is 4.32. The average molecular weight is 320 g/mol. The van der Waals surface area contributed by atoms with Crippen LogP contribution >= 0.6 is 0 Å². The van der Waals surface area contributed by atoms with Crippen LogP contribution in [0.4, 0.5) is 5.82 Å². The van der Waals surface area contributed by atoms with Crippen molar-refractivity contribution in [2.24, 2.45) is 0 Å². The molecule has 1 aromatic heterocycles. The summed E-state index contributed by atoms with van der Waals surface area (Å²) in [6.07, 6.45) is 2.87. The van der Waals surface area contributed by atoms with Crippen molar-refractivity contribution in [1.29, 1.82) is 0 Å². The number of likely N-dealkylation sites (N-methyl/N-ethyl adjacent to an activating group) is 1. The van der Waals surface area contributed by atoms with Gasteiger partial charge in [0.15, 0.2) is 0 Å². The first-order chi connectivity index (χ1) is 11.7. The normalized spacial score (nSPS) is 12.5. The second-order valence-corrected chi connectivity index (χ2v) is 6.20. The molecule has 0 bridgehead atoms. The second kappa shape index (κ2) is 7.41. The van der Waals surface area contributed by atoms with Crippen LogP contribution in [0.5, 0.6) is 0 Å². The minimum Gasteiger partial charge on any atom is -0.367 e. The predicted octanol–water partition coefficient (Wildman–Crippen LogP) is 3.91. The fourth-order valence-electron chi connectivity index (χ4n) is 2.82. The predicted molar refractivity (Wildman–Crippen MR) is 100 cm³/mol. The van der Waals surface area contributed by atoms with Gasteiger partial charge in [-0.15, -0.1) is 0 Å². The quantitative estimate of drug-likeness (QED) is 0.748. The first-order valence-corrected chi connectivity index (χ1v) is 8.38. The van der Waals surface area contributed by atoms with E-state index in [-0.39, 0.29) is 6.04 Å². The van der Waals surface area contributed by atoms with E-state index in [4.69, 9.17) is 0 Å². The standard InChI is InChI=1S/C20H24N4/c1-4-15-9-11-16(12-10-15)19(24(2)3)13-22-20-14-21-17-7-5-6-8-18(17)23-20/h5-12,14,19H,4,13H2,1-3H3,(H,22,23)/t19-/m1/s1. The molecule has 0 aliphatic carbocycles. The Labute approximate surface area is 143 Å². The van der Waals surface area contributed by atoms with Crippen LogP contribution in [-0.4, -0.2) is 35.5 Å². The van der Waals surface area contributed by atoms with Crippen LogP contribution in [0.25, 0.3) is 11.0 Å². The van der Waals surface area contributed by atoms with Crippen LogP contribution in [0.3, 0.4) is 0 Å². The van der Waals surface area contributed by atoms with E-state index in [9.17, 15) is 0 Å². The summed E-state index contributed by atoms with van der Waals surface area (Å²) in [6, 6.07) is 17.1. The van der Waals surface area contributed by atoms with Gasteiger partial charge in [0, 0.05) is 6.54 Å². The Hall–Kier alpha value is -2.46. The third kappa shape index (κ3) is 3.71. The number of rotatable bonds is 6. The summed E-state index contributed by atoms with van der Waals surface area (Å²) < 4.78 is 0. The van der Waals surface area contributed by atoms with E-state index < -0.39 is 0 Å². The zero-order valence-electron chi connectivity index (χ0n) is 14.5. The molecule has 3 aromatic rings. The van der Waals surface area contributed by atoms with Crippen molar-refractivity contribution in [2.45, 2.75) is 19.4 Å². The lowest BCUT2D eigenvalue weighted by molar-refractivity contribution is 0.311. The van der Waals surface area contributed by atoms with Crippen molar-refractivity contribution in [3.8, 4) is 0 Å². The molecule has 0 saturated carbocycles. The zero-order valence-corrected chi connectivity index (χ0v) is 14.5. The monoisotopic (exact) mass is 320 g/mol. The van der Waals surface area contributed by atoms with Gasteiger partial charge in [0.05, 0.1) is 23.3 Å². The van der Waals surface area contributed by atoms with Gasteiger partial charge >= 0.3 is 0 Å². The lowest BCUT2D eigenvalue weighted by Crippen LogP contribution is -2.27. The molecule has 0 spiro atoms. The molecule has 0 radical (unpaired) electrons. The number of aromatic nitrogens is 2. The van der Waals surface area contributed by atoms with Crippen molar-refractivity contribution >= 4 is 16.9 Å². The largest absolute Gasteiger partial charge is 0.367 e. The van der Waals surface area contributed by atoms with Gasteiger partial charge in [0.25, 0.3) is 0 Å². The van der Waals surface area contributed by atoms with Gasteiger partial charge in [0.2, 0.25) is 0 Å². The number of fused-ring (bicyclic) bond motifs is 1. The summed E-state index contributed by atoms with van der Waals surface area (Å²) in [6.45, 7) is 2.96. The molecule has 0 saturated heterocycles. The Morgan fingerprint density at radius 3 is 2.38 bits per heavy atom. The minimum absolute atomic E-state index is 0.282. The molecular weight excluding hydrogens is 296 g/mol. The van der Waals surface area contributed by atoms with Crippen LogP contribution in [0.2, 0.25) is 0 Å². The van der Waals surface area contributed by atoms with E-state index >= 15 is 0 Å². The van der Waals surface area contributed by atoms with Crippen LogP contribution in [0.1, 0.15) is 24.1 Å². The second-order valence-electron chi connectivity index (χ2n) is 6.20. The Kier molecular flexibility index (Phi) is 5.06. The maximum atomic E-state index is 4.64. The fraction of sp³-hybridized carbons (Fsp3) is 0.300. The zero-order chi connectivity index (χ0) is 16.9. The van der Waals surface area contributed by atoms with Crippen LogP contribution < -0.4 is 5.32 Å². The third-order valence-electron chi connectivity index (χ3n) is 4.32. The molecule has 3 rings (SSSR count). The van der Waals surface area contributed by atoms with Crippen LogP contribution in [0.15, 0.2) is 54.7 Å². The highest BCUT2D eigenvalue weighted by atomic mass is 15.1. The lowest BCUT2D eigenvalue weighted by atomic mass is 10.0. The smallest absolute Gasteiger partial charge is 0.145 e. The van der Waals surface area contributed by atoms with E-state index in [1.54, 1.807) is 6.20 Å². The summed E-state index contributed by atoms with van der Waals surface area (Å²) in [7, 11) is 4.21. The maximum Gasteiger partial charge on any atom is 0.145 e. The first-order valence-electron chi connectivity index (χ1n) is 8.38. The number of para-hydroxylation sites is 2. The van der Waals surface area contributed by atoms with Gasteiger partial charge in [-0.25, -0.2) is 4.98 Å². The van der Waals surface area contributed by atoms with E-state index in [0.29, 0.717) is 0 Å². The van der Waals surface area contributed by atoms with Crippen molar-refractivity contribution in [3.63, 3.8) is 0 Å². The van der Waals surface area contributed by atoms with Gasteiger partial charge in [-0.2, -0.15) is 0 Å². The van der Waals surface area contributed by atoms with E-state index in [1.165, 1.54) is 11.1 Å². The summed E-state index contributed by atoms with van der Waals surface area (Å²) in [5.41, 5.74) is 4.50. The van der Waals surface area contributed by atoms with Gasteiger partial charge in [-0.05, 0) is 43.8 Å². The molecule has 0 fully saturated rings. The molecule has 0 amide bonds. The van der Waals surface area contributed by atoms with Crippen molar-refractivity contribution in [1.82, 2.24) is 14.9 Å². The minimum atomic E-state index is 0.282. The number of nitrogens with one attached hydrogen (secondary N) is 1. The molecular formula is C20H24N4. The Bertz CT molecular complexity index is 796. The number of hydrogen-bond donors (Lipinski definition) is 1. The summed E-state index contributed by atoms with van der Waals surface area (Å²) in [5.74, 6) is 0.811. The molecule has 1 heterocycles. The van der Waals surface area contributed by atoms with Gasteiger partial charge in [-0.1, -0.05) is 43.3 Å². The molecule has 4 nitrogen and oxygen atoms in total. The van der Waals surface area contributed by atoms with E-state index in [1.807, 2.05) is 24.3 Å². The number of hydrogen-bond acceptors (Lipinski definition) is 4. The molecule has 124 valence electrons. The molecule has 2 aromatic carbocycles. The molecule has 4 heteroatoms. The molecule has 24 heavy (non-hydrogen) atoms. The number of nitrogens with zero attached hydrogens (tertiary/aromatic N) is 3. The fourth-order valence-corrected chi connectivity index (χ4v) is 2.82. The highest BCUT2D eigenvalue weighted by Crippen LogP contribution is 2.20. The van der Waals surface area contributed by atoms with Gasteiger partial charge in [-0.3, -0.25) is 4.98 Å². The number of aryl methyl sites for hydroxylation is 1. The van der Waals surface area contributed by atoms with Crippen molar-refractivity contribution < 1.29 is 0 Å². The highest BCUT2D eigenvalue weighted by Gasteiger charge is 2.14. The molecule has 0 aliphatic rings. The van der Waals surface area contributed by atoms with E-state index in [2.05, 4.69) is 65.5 Å². The molecule has 0 aliphatic heterocycles. The van der Waals surface area contributed by atoms with Crippen LogP contribution in [0, 0.1) is 0 Å². The SMILES string of the molecule is CCc1ccc([C@@H](CNc2cnc3ccccc3n2)N(C)C)cc1. The van der Waals surface area contributed by atoms with Gasteiger partial charge in [0.1, 0.15) is 5.82 Å². The Balaban J connectivity index is 1.75. The Morgan fingerprint density at radius 2 is 1.71 bits per heavy atom. The topological polar surface area (TPSA) is 41.1 Å². The van der Waals surface area contributed by atoms with Crippen molar-refractivity contribution in [3.05, 3.63) is 65.9 Å². The maximum absolute atomic E-state index is 4.64. The summed E-state index contributed by atoms with van der Waals surface area (Å²) in [5, 5.41) is 3.43. The Morgan fingerprint density at radius 1 is 1.00 bits per heavy atom. The lowest BCUT2D eigenvalue weighted by Gasteiger charge is -2.25. The molecule has 1 atom stereocenters. The summed E-state index contributed by atoms with van der Waals surface area (Å²) >= 11 is 0.